The van der Waals surface area contributed by atoms with Crippen LogP contribution in [0.2, 0.25) is 0 Å². The molecule has 0 amide bonds. The molecule has 0 bridgehead atoms. The molecule has 0 aromatic carbocycles. The minimum absolute atomic E-state index is 0.355. The van der Waals surface area contributed by atoms with Gasteiger partial charge in [-0.2, -0.15) is 5.26 Å². The second-order valence-electron chi connectivity index (χ2n) is 6.55. The standard InChI is InChI=1S/C20H20N6/c21-13-18-4-1-5-19(24-18)25-11-2-3-17(15-25)20-23-10-12-26(20)14-16-6-8-22-9-7-16/h1,4-10,12,17H,2-3,11,14-15H2/t17-/m1/s1. The Hall–Kier alpha value is -3.20. The number of imidazole rings is 1. The van der Waals surface area contributed by atoms with Gasteiger partial charge in [-0.15, -0.1) is 0 Å². The molecule has 4 rings (SSSR count). The lowest BCUT2D eigenvalue weighted by Gasteiger charge is -2.33. The van der Waals surface area contributed by atoms with Crippen LogP contribution in [0.5, 0.6) is 0 Å². The summed E-state index contributed by atoms with van der Waals surface area (Å²) in [7, 11) is 0. The fourth-order valence-corrected chi connectivity index (χ4v) is 3.56. The predicted octanol–water partition coefficient (Wildman–Crippen LogP) is 2.98. The summed E-state index contributed by atoms with van der Waals surface area (Å²) in [5.41, 5.74) is 1.68. The van der Waals surface area contributed by atoms with Crippen LogP contribution in [-0.2, 0) is 6.54 Å². The number of nitrogens with zero attached hydrogens (tertiary/aromatic N) is 6. The lowest BCUT2D eigenvalue weighted by atomic mass is 9.97. The zero-order valence-corrected chi connectivity index (χ0v) is 14.5. The summed E-state index contributed by atoms with van der Waals surface area (Å²) in [5, 5.41) is 9.09. The van der Waals surface area contributed by atoms with Crippen molar-refractivity contribution in [1.82, 2.24) is 19.5 Å². The molecule has 1 fully saturated rings. The average molecular weight is 344 g/mol. The molecule has 0 aliphatic carbocycles. The molecule has 26 heavy (non-hydrogen) atoms. The first-order valence-electron chi connectivity index (χ1n) is 8.85. The number of rotatable bonds is 4. The van der Waals surface area contributed by atoms with Crippen LogP contribution in [0.3, 0.4) is 0 Å². The maximum Gasteiger partial charge on any atom is 0.142 e. The van der Waals surface area contributed by atoms with E-state index in [0.717, 1.165) is 44.1 Å². The summed E-state index contributed by atoms with van der Waals surface area (Å²) >= 11 is 0. The molecular formula is C20H20N6. The molecule has 1 saturated heterocycles. The molecule has 0 radical (unpaired) electrons. The molecule has 6 heteroatoms. The predicted molar refractivity (Wildman–Crippen MR) is 98.7 cm³/mol. The number of hydrogen-bond acceptors (Lipinski definition) is 5. The van der Waals surface area contributed by atoms with Gasteiger partial charge in [-0.05, 0) is 42.7 Å². The summed E-state index contributed by atoms with van der Waals surface area (Å²) < 4.78 is 2.22. The highest BCUT2D eigenvalue weighted by Gasteiger charge is 2.25. The molecule has 3 aromatic rings. The third kappa shape index (κ3) is 3.42. The number of pyridine rings is 2. The van der Waals surface area contributed by atoms with E-state index in [2.05, 4.69) is 30.5 Å². The Balaban J connectivity index is 1.53. The van der Waals surface area contributed by atoms with E-state index in [9.17, 15) is 0 Å². The van der Waals surface area contributed by atoms with Crippen LogP contribution >= 0.6 is 0 Å². The second kappa shape index (κ2) is 7.36. The van der Waals surface area contributed by atoms with Crippen molar-refractivity contribution < 1.29 is 0 Å². The number of anilines is 1. The first kappa shape index (κ1) is 16.3. The van der Waals surface area contributed by atoms with E-state index in [1.54, 1.807) is 6.07 Å². The first-order chi connectivity index (χ1) is 12.8. The van der Waals surface area contributed by atoms with Crippen LogP contribution in [-0.4, -0.2) is 32.6 Å². The highest BCUT2D eigenvalue weighted by atomic mass is 15.2. The topological polar surface area (TPSA) is 70.6 Å². The molecule has 4 heterocycles. The van der Waals surface area contributed by atoms with Crippen LogP contribution in [0.4, 0.5) is 5.82 Å². The molecule has 3 aromatic heterocycles. The quantitative estimate of drug-likeness (QED) is 0.728. The van der Waals surface area contributed by atoms with Crippen LogP contribution in [0.15, 0.2) is 55.1 Å². The Morgan fingerprint density at radius 2 is 2.04 bits per heavy atom. The molecular weight excluding hydrogens is 324 g/mol. The zero-order valence-electron chi connectivity index (χ0n) is 14.5. The van der Waals surface area contributed by atoms with Crippen molar-refractivity contribution in [2.75, 3.05) is 18.0 Å². The van der Waals surface area contributed by atoms with Crippen LogP contribution in [0.25, 0.3) is 0 Å². The van der Waals surface area contributed by atoms with Gasteiger partial charge in [0, 0.05) is 50.3 Å². The monoisotopic (exact) mass is 344 g/mol. The van der Waals surface area contributed by atoms with Gasteiger partial charge in [0.2, 0.25) is 0 Å². The van der Waals surface area contributed by atoms with Crippen molar-refractivity contribution in [3.8, 4) is 6.07 Å². The summed E-state index contributed by atoms with van der Waals surface area (Å²) in [6, 6.07) is 11.8. The van der Waals surface area contributed by atoms with Crippen molar-refractivity contribution in [3.05, 3.63) is 72.2 Å². The van der Waals surface area contributed by atoms with Gasteiger partial charge >= 0.3 is 0 Å². The van der Waals surface area contributed by atoms with Gasteiger partial charge in [-0.3, -0.25) is 4.98 Å². The summed E-state index contributed by atoms with van der Waals surface area (Å²) in [6.07, 6.45) is 9.77. The highest BCUT2D eigenvalue weighted by Crippen LogP contribution is 2.28. The molecule has 1 aliphatic heterocycles. The lowest BCUT2D eigenvalue weighted by molar-refractivity contribution is 0.474. The van der Waals surface area contributed by atoms with E-state index in [1.165, 1.54) is 5.56 Å². The fraction of sp³-hybridized carbons (Fsp3) is 0.300. The van der Waals surface area contributed by atoms with Gasteiger partial charge in [0.15, 0.2) is 0 Å². The van der Waals surface area contributed by atoms with Crippen molar-refractivity contribution >= 4 is 5.82 Å². The van der Waals surface area contributed by atoms with Gasteiger partial charge < -0.3 is 9.47 Å². The summed E-state index contributed by atoms with van der Waals surface area (Å²) in [6.45, 7) is 2.63. The normalized spacial score (nSPS) is 17.0. The molecule has 0 saturated carbocycles. The molecule has 0 spiro atoms. The third-order valence-corrected chi connectivity index (χ3v) is 4.81. The Morgan fingerprint density at radius 3 is 2.88 bits per heavy atom. The van der Waals surface area contributed by atoms with E-state index >= 15 is 0 Å². The van der Waals surface area contributed by atoms with Crippen molar-refractivity contribution in [1.29, 1.82) is 5.26 Å². The Bertz CT molecular complexity index is 911. The average Bonchev–Trinajstić information content (AvgIpc) is 3.17. The van der Waals surface area contributed by atoms with Crippen LogP contribution in [0, 0.1) is 11.3 Å². The smallest absolute Gasteiger partial charge is 0.142 e. The maximum absolute atomic E-state index is 9.09. The number of nitriles is 1. The molecule has 130 valence electrons. The minimum atomic E-state index is 0.355. The fourth-order valence-electron chi connectivity index (χ4n) is 3.56. The molecule has 6 nitrogen and oxygen atoms in total. The summed E-state index contributed by atoms with van der Waals surface area (Å²) in [4.78, 5) is 15.4. The van der Waals surface area contributed by atoms with Crippen molar-refractivity contribution in [3.63, 3.8) is 0 Å². The van der Waals surface area contributed by atoms with Gasteiger partial charge in [0.05, 0.1) is 0 Å². The van der Waals surface area contributed by atoms with Crippen molar-refractivity contribution in [2.24, 2.45) is 0 Å². The third-order valence-electron chi connectivity index (χ3n) is 4.81. The maximum atomic E-state index is 9.09. The largest absolute Gasteiger partial charge is 0.356 e. The SMILES string of the molecule is N#Cc1cccc(N2CCC[C@@H](c3nccn3Cc3ccncc3)C2)n1. The Morgan fingerprint density at radius 1 is 1.15 bits per heavy atom. The summed E-state index contributed by atoms with van der Waals surface area (Å²) in [5.74, 6) is 2.34. The minimum Gasteiger partial charge on any atom is -0.356 e. The number of piperidine rings is 1. The van der Waals surface area contributed by atoms with Gasteiger partial charge in [0.25, 0.3) is 0 Å². The lowest BCUT2D eigenvalue weighted by Crippen LogP contribution is -2.36. The molecule has 0 N–H and O–H groups in total. The Labute approximate surface area is 152 Å². The highest BCUT2D eigenvalue weighted by molar-refractivity contribution is 5.42. The van der Waals surface area contributed by atoms with Crippen LogP contribution < -0.4 is 4.90 Å². The molecule has 1 aliphatic rings. The van der Waals surface area contributed by atoms with Gasteiger partial charge in [-0.1, -0.05) is 6.07 Å². The Kier molecular flexibility index (Phi) is 4.61. The number of aromatic nitrogens is 4. The van der Waals surface area contributed by atoms with E-state index < -0.39 is 0 Å². The first-order valence-corrected chi connectivity index (χ1v) is 8.85. The second-order valence-corrected chi connectivity index (χ2v) is 6.55. The number of hydrogen-bond donors (Lipinski definition) is 0. The van der Waals surface area contributed by atoms with Gasteiger partial charge in [0.1, 0.15) is 23.4 Å². The van der Waals surface area contributed by atoms with Crippen molar-refractivity contribution in [2.45, 2.75) is 25.3 Å². The van der Waals surface area contributed by atoms with E-state index in [0.29, 0.717) is 11.6 Å². The zero-order chi connectivity index (χ0) is 17.8. The van der Waals surface area contributed by atoms with Gasteiger partial charge in [-0.25, -0.2) is 9.97 Å². The van der Waals surface area contributed by atoms with E-state index in [1.807, 2.05) is 49.1 Å². The molecule has 1 atom stereocenters. The van der Waals surface area contributed by atoms with E-state index in [-0.39, 0.29) is 0 Å². The van der Waals surface area contributed by atoms with Crippen LogP contribution in [0.1, 0.15) is 35.8 Å². The molecule has 0 unspecified atom stereocenters. The van der Waals surface area contributed by atoms with E-state index in [4.69, 9.17) is 5.26 Å².